The summed E-state index contributed by atoms with van der Waals surface area (Å²) in [5.74, 6) is -0.187. The molecular formula is C30H38N4O4S. The number of piperidine rings is 1. The highest BCUT2D eigenvalue weighted by Gasteiger charge is 2.37. The van der Waals surface area contributed by atoms with Crippen LogP contribution in [0.1, 0.15) is 71.6 Å². The van der Waals surface area contributed by atoms with Gasteiger partial charge in [-0.3, -0.25) is 9.59 Å². The molecule has 208 valence electrons. The molecule has 1 amide bonds. The van der Waals surface area contributed by atoms with E-state index in [0.717, 1.165) is 32.2 Å². The zero-order valence-corrected chi connectivity index (χ0v) is 23.1. The van der Waals surface area contributed by atoms with Crippen LogP contribution in [-0.4, -0.2) is 56.6 Å². The van der Waals surface area contributed by atoms with Gasteiger partial charge < -0.3 is 20.9 Å². The summed E-state index contributed by atoms with van der Waals surface area (Å²) in [7, 11) is -3.81. The summed E-state index contributed by atoms with van der Waals surface area (Å²) < 4.78 is 26.7. The molecule has 9 heteroatoms. The van der Waals surface area contributed by atoms with Crippen molar-refractivity contribution in [2.24, 2.45) is 0 Å². The second-order valence-electron chi connectivity index (χ2n) is 10.8. The van der Waals surface area contributed by atoms with E-state index >= 15 is 0 Å². The van der Waals surface area contributed by atoms with Gasteiger partial charge in [0.25, 0.3) is 0 Å². The summed E-state index contributed by atoms with van der Waals surface area (Å²) in [6.07, 6.45) is 11.7. The molecule has 2 heterocycles. The second-order valence-corrected chi connectivity index (χ2v) is 12.9. The van der Waals surface area contributed by atoms with Gasteiger partial charge in [0.1, 0.15) is 6.29 Å². The van der Waals surface area contributed by atoms with Crippen LogP contribution in [0.2, 0.25) is 0 Å². The highest BCUT2D eigenvalue weighted by atomic mass is 32.2. The number of nitrogens with one attached hydrogen (secondary N) is 3. The van der Waals surface area contributed by atoms with Crippen molar-refractivity contribution in [1.29, 1.82) is 0 Å². The minimum absolute atomic E-state index is 0.00735. The number of aryl methyl sites for hydroxylation is 1. The van der Waals surface area contributed by atoms with E-state index in [1.54, 1.807) is 6.20 Å². The van der Waals surface area contributed by atoms with Crippen LogP contribution in [0, 0.1) is 0 Å². The molecule has 1 aliphatic carbocycles. The van der Waals surface area contributed by atoms with Gasteiger partial charge >= 0.3 is 0 Å². The zero-order chi connectivity index (χ0) is 27.2. The molecule has 39 heavy (non-hydrogen) atoms. The van der Waals surface area contributed by atoms with Gasteiger partial charge in [-0.05, 0) is 80.4 Å². The molecule has 1 fully saturated rings. The Morgan fingerprint density at radius 3 is 2.54 bits per heavy atom. The third kappa shape index (κ3) is 6.53. The predicted octanol–water partition coefficient (Wildman–Crippen LogP) is 3.24. The standard InChI is InChI=1S/C30H38N4O4S/c35-21-23-7-10-25(11-8-23)39(37,38)30-28(31-14-15-32-30)20-29(36)33-27-6-4-5-24-19-22(9-12-26(24)27)13-18-34-16-2-1-3-17-34/h7-12,14-15,19,21,27-28,30-32H,1-6,13,16-18,20H2,(H,33,36)/t27-,28?,30?/m1/s1. The van der Waals surface area contributed by atoms with Crippen LogP contribution in [0.5, 0.6) is 0 Å². The van der Waals surface area contributed by atoms with Crippen LogP contribution in [-0.2, 0) is 27.5 Å². The molecule has 0 bridgehead atoms. The Morgan fingerprint density at radius 1 is 1.00 bits per heavy atom. The molecule has 8 nitrogen and oxygen atoms in total. The number of sulfone groups is 1. The third-order valence-electron chi connectivity index (χ3n) is 8.13. The molecule has 0 radical (unpaired) electrons. The van der Waals surface area contributed by atoms with Gasteiger partial charge in [0, 0.05) is 30.9 Å². The average Bonchev–Trinajstić information content (AvgIpc) is 2.97. The van der Waals surface area contributed by atoms with Crippen LogP contribution < -0.4 is 16.0 Å². The van der Waals surface area contributed by atoms with E-state index in [1.165, 1.54) is 79.5 Å². The molecule has 2 aromatic carbocycles. The highest BCUT2D eigenvalue weighted by molar-refractivity contribution is 7.92. The maximum Gasteiger partial charge on any atom is 0.222 e. The van der Waals surface area contributed by atoms with Gasteiger partial charge in [-0.1, -0.05) is 36.8 Å². The lowest BCUT2D eigenvalue weighted by atomic mass is 9.86. The normalized spacial score (nSPS) is 23.2. The number of carbonyl (C=O) groups excluding carboxylic acids is 2. The van der Waals surface area contributed by atoms with Crippen molar-refractivity contribution < 1.29 is 18.0 Å². The first-order valence-corrected chi connectivity index (χ1v) is 15.6. The average molecular weight is 551 g/mol. The van der Waals surface area contributed by atoms with Crippen molar-refractivity contribution in [3.05, 3.63) is 77.1 Å². The number of hydrogen-bond donors (Lipinski definition) is 3. The van der Waals surface area contributed by atoms with Gasteiger partial charge in [0.2, 0.25) is 15.7 Å². The van der Waals surface area contributed by atoms with Crippen LogP contribution in [0.3, 0.4) is 0 Å². The van der Waals surface area contributed by atoms with Gasteiger partial charge in [0.15, 0.2) is 5.37 Å². The first-order valence-electron chi connectivity index (χ1n) is 14.0. The van der Waals surface area contributed by atoms with Crippen molar-refractivity contribution in [2.45, 2.75) is 73.7 Å². The number of rotatable bonds is 9. The topological polar surface area (TPSA) is 108 Å². The highest BCUT2D eigenvalue weighted by Crippen LogP contribution is 2.31. The van der Waals surface area contributed by atoms with E-state index in [9.17, 15) is 18.0 Å². The fourth-order valence-electron chi connectivity index (χ4n) is 5.97. The first-order chi connectivity index (χ1) is 18.9. The summed E-state index contributed by atoms with van der Waals surface area (Å²) in [5, 5.41) is 8.14. The minimum Gasteiger partial charge on any atom is -0.383 e. The number of fused-ring (bicyclic) bond motifs is 1. The number of likely N-dealkylation sites (tertiary alicyclic amines) is 1. The van der Waals surface area contributed by atoms with Crippen LogP contribution >= 0.6 is 0 Å². The second kappa shape index (κ2) is 12.3. The van der Waals surface area contributed by atoms with Gasteiger partial charge in [-0.2, -0.15) is 0 Å². The molecule has 3 atom stereocenters. The van der Waals surface area contributed by atoms with Crippen molar-refractivity contribution in [2.75, 3.05) is 19.6 Å². The van der Waals surface area contributed by atoms with Crippen molar-refractivity contribution in [1.82, 2.24) is 20.9 Å². The van der Waals surface area contributed by atoms with E-state index in [2.05, 4.69) is 39.0 Å². The van der Waals surface area contributed by atoms with Crippen molar-refractivity contribution >= 4 is 22.0 Å². The SMILES string of the molecule is O=Cc1ccc(S(=O)(=O)C2NC=CNC2CC(=O)N[C@@H]2CCCc3cc(CCN4CCCCC4)ccc32)cc1. The molecule has 2 aromatic rings. The Hall–Kier alpha value is -3.17. The fraction of sp³-hybridized carbons (Fsp3) is 0.467. The van der Waals surface area contributed by atoms with Gasteiger partial charge in [-0.25, -0.2) is 8.42 Å². The maximum absolute atomic E-state index is 13.4. The molecule has 1 saturated heterocycles. The molecule has 0 saturated carbocycles. The molecule has 2 aliphatic heterocycles. The Morgan fingerprint density at radius 2 is 1.77 bits per heavy atom. The van der Waals surface area contributed by atoms with Crippen molar-refractivity contribution in [3.8, 4) is 0 Å². The van der Waals surface area contributed by atoms with Crippen LogP contribution in [0.4, 0.5) is 0 Å². The van der Waals surface area contributed by atoms with E-state index in [-0.39, 0.29) is 23.3 Å². The van der Waals surface area contributed by atoms with Crippen LogP contribution in [0.25, 0.3) is 0 Å². The largest absolute Gasteiger partial charge is 0.383 e. The molecule has 0 aromatic heterocycles. The van der Waals surface area contributed by atoms with Gasteiger partial charge in [-0.15, -0.1) is 0 Å². The smallest absolute Gasteiger partial charge is 0.222 e. The van der Waals surface area contributed by atoms with E-state index in [0.29, 0.717) is 11.8 Å². The minimum atomic E-state index is -3.81. The fourth-order valence-corrected chi connectivity index (χ4v) is 7.64. The Bertz CT molecular complexity index is 1300. The zero-order valence-electron chi connectivity index (χ0n) is 22.3. The van der Waals surface area contributed by atoms with E-state index in [4.69, 9.17) is 0 Å². The van der Waals surface area contributed by atoms with E-state index in [1.807, 2.05) is 0 Å². The monoisotopic (exact) mass is 550 g/mol. The summed E-state index contributed by atoms with van der Waals surface area (Å²) >= 11 is 0. The number of benzene rings is 2. The van der Waals surface area contributed by atoms with Crippen molar-refractivity contribution in [3.63, 3.8) is 0 Å². The molecule has 5 rings (SSSR count). The summed E-state index contributed by atoms with van der Waals surface area (Å²) in [6.45, 7) is 3.50. The first kappa shape index (κ1) is 27.4. The molecule has 3 aliphatic rings. The molecule has 0 spiro atoms. The number of nitrogens with zero attached hydrogens (tertiary/aromatic N) is 1. The number of aldehydes is 1. The van der Waals surface area contributed by atoms with E-state index < -0.39 is 21.3 Å². The summed E-state index contributed by atoms with van der Waals surface area (Å²) in [4.78, 5) is 26.8. The lowest BCUT2D eigenvalue weighted by Gasteiger charge is -2.32. The lowest BCUT2D eigenvalue weighted by Crippen LogP contribution is -2.54. The Labute approximate surface area is 231 Å². The summed E-state index contributed by atoms with van der Waals surface area (Å²) in [5.41, 5.74) is 4.24. The molecular weight excluding hydrogens is 512 g/mol. The number of amides is 1. The van der Waals surface area contributed by atoms with Crippen LogP contribution in [0.15, 0.2) is 59.8 Å². The van der Waals surface area contributed by atoms with Gasteiger partial charge in [0.05, 0.1) is 17.0 Å². The quantitative estimate of drug-likeness (QED) is 0.412. The number of carbonyl (C=O) groups is 2. The number of hydrogen-bond acceptors (Lipinski definition) is 7. The Kier molecular flexibility index (Phi) is 8.67. The Balaban J connectivity index is 1.22. The predicted molar refractivity (Wildman–Crippen MR) is 151 cm³/mol. The lowest BCUT2D eigenvalue weighted by molar-refractivity contribution is -0.122. The molecule has 3 N–H and O–H groups in total. The third-order valence-corrected chi connectivity index (χ3v) is 10.2. The molecule has 2 unspecified atom stereocenters. The maximum atomic E-state index is 13.4. The summed E-state index contributed by atoms with van der Waals surface area (Å²) in [6, 6.07) is 11.8.